The molecular weight excluding hydrogens is 343 g/mol. The van der Waals surface area contributed by atoms with Gasteiger partial charge in [-0.05, 0) is 10.9 Å². The maximum Gasteiger partial charge on any atom is 0.0969 e. The molecule has 142 valence electrons. The van der Waals surface area contributed by atoms with E-state index in [1.165, 1.54) is 35.6 Å². The molecule has 3 aromatic rings. The van der Waals surface area contributed by atoms with E-state index < -0.39 is 6.15 Å². The molecule has 0 atom stereocenters. The molecule has 27 heavy (non-hydrogen) atoms. The lowest BCUT2D eigenvalue weighted by atomic mass is 9.14. The lowest BCUT2D eigenvalue weighted by Crippen LogP contribution is -2.66. The topological polar surface area (TPSA) is 0 Å². The Labute approximate surface area is 169 Å². The van der Waals surface area contributed by atoms with Crippen LogP contribution in [0.1, 0.15) is 19.8 Å². The van der Waals surface area contributed by atoms with Crippen molar-refractivity contribution in [1.29, 1.82) is 0 Å². The minimum absolute atomic E-state index is 0.639. The van der Waals surface area contributed by atoms with Crippen LogP contribution in [-0.4, -0.2) is 24.9 Å². The fourth-order valence-corrected chi connectivity index (χ4v) is 3.93. The third kappa shape index (κ3) is 5.77. The van der Waals surface area contributed by atoms with Gasteiger partial charge in [0.2, 0.25) is 0 Å². The highest BCUT2D eigenvalue weighted by atomic mass is 32.2. The summed E-state index contributed by atoms with van der Waals surface area (Å²) in [7, 11) is 0.639. The SMILES string of the molecule is CCCC[B-](c1ccccc1)(c1ccccc1)c1ccccc1.C[S+](C)C. The van der Waals surface area contributed by atoms with Crippen LogP contribution in [0.25, 0.3) is 0 Å². The van der Waals surface area contributed by atoms with Crippen molar-refractivity contribution in [1.82, 2.24) is 0 Å². The first-order chi connectivity index (χ1) is 13.1. The lowest BCUT2D eigenvalue weighted by Gasteiger charge is -2.43. The molecule has 0 radical (unpaired) electrons. The summed E-state index contributed by atoms with van der Waals surface area (Å²) >= 11 is 0. The van der Waals surface area contributed by atoms with Gasteiger partial charge in [-0.25, -0.2) is 0 Å². The Morgan fingerprint density at radius 2 is 0.889 bits per heavy atom. The second-order valence-corrected chi connectivity index (χ2v) is 10.1. The van der Waals surface area contributed by atoms with Crippen LogP contribution in [0.2, 0.25) is 6.32 Å². The first-order valence-electron chi connectivity index (χ1n) is 9.94. The van der Waals surface area contributed by atoms with Gasteiger partial charge in [0.1, 0.15) is 0 Å². The Morgan fingerprint density at radius 3 is 1.15 bits per heavy atom. The van der Waals surface area contributed by atoms with Gasteiger partial charge in [-0.3, -0.25) is 0 Å². The van der Waals surface area contributed by atoms with Gasteiger partial charge in [-0.1, -0.05) is 111 Å². The molecule has 0 saturated heterocycles. The van der Waals surface area contributed by atoms with Crippen LogP contribution >= 0.6 is 0 Å². The zero-order chi connectivity index (χ0) is 19.5. The molecule has 0 bridgehead atoms. The largest absolute Gasteiger partial charge is 0.200 e. The molecule has 0 aliphatic rings. The van der Waals surface area contributed by atoms with Crippen molar-refractivity contribution in [2.75, 3.05) is 18.8 Å². The summed E-state index contributed by atoms with van der Waals surface area (Å²) < 4.78 is 0. The molecule has 0 aliphatic heterocycles. The minimum atomic E-state index is -0.913. The Balaban J connectivity index is 0.000000596. The van der Waals surface area contributed by atoms with E-state index >= 15 is 0 Å². The second kappa shape index (κ2) is 11.0. The normalized spacial score (nSPS) is 11.0. The van der Waals surface area contributed by atoms with Crippen LogP contribution < -0.4 is 16.4 Å². The van der Waals surface area contributed by atoms with Crippen molar-refractivity contribution in [2.24, 2.45) is 0 Å². The summed E-state index contributed by atoms with van der Waals surface area (Å²) in [5, 5.41) is 0. The average molecular weight is 376 g/mol. The van der Waals surface area contributed by atoms with Gasteiger partial charge in [0.25, 0.3) is 0 Å². The summed E-state index contributed by atoms with van der Waals surface area (Å²) in [5.74, 6) is 0. The molecule has 0 amide bonds. The number of hydrogen-bond acceptors (Lipinski definition) is 0. The van der Waals surface area contributed by atoms with E-state index in [4.69, 9.17) is 0 Å². The molecule has 0 saturated carbocycles. The van der Waals surface area contributed by atoms with Gasteiger partial charge in [-0.2, -0.15) is 22.7 Å². The molecule has 0 aliphatic carbocycles. The summed E-state index contributed by atoms with van der Waals surface area (Å²) in [6, 6.07) is 33.2. The summed E-state index contributed by atoms with van der Waals surface area (Å²) in [6.07, 6.45) is 9.31. The van der Waals surface area contributed by atoms with Crippen molar-refractivity contribution in [3.05, 3.63) is 91.0 Å². The van der Waals surface area contributed by atoms with Crippen LogP contribution in [-0.2, 0) is 10.9 Å². The Kier molecular flexibility index (Phi) is 8.74. The number of benzene rings is 3. The average Bonchev–Trinajstić information content (AvgIpc) is 2.71. The molecule has 0 aromatic heterocycles. The monoisotopic (exact) mass is 376 g/mol. The van der Waals surface area contributed by atoms with E-state index in [0.29, 0.717) is 10.9 Å². The molecule has 3 rings (SSSR count). The van der Waals surface area contributed by atoms with Crippen molar-refractivity contribution in [3.8, 4) is 0 Å². The van der Waals surface area contributed by atoms with Crippen molar-refractivity contribution >= 4 is 33.4 Å². The first kappa shape index (κ1) is 21.4. The van der Waals surface area contributed by atoms with E-state index in [-0.39, 0.29) is 0 Å². The molecule has 0 fully saturated rings. The van der Waals surface area contributed by atoms with Crippen molar-refractivity contribution in [2.45, 2.75) is 26.1 Å². The van der Waals surface area contributed by atoms with E-state index in [9.17, 15) is 0 Å². The van der Waals surface area contributed by atoms with Gasteiger partial charge >= 0.3 is 0 Å². The Hall–Kier alpha value is -1.93. The van der Waals surface area contributed by atoms with E-state index in [1.54, 1.807) is 0 Å². The molecule has 0 nitrogen and oxygen atoms in total. The Bertz CT molecular complexity index is 655. The standard InChI is InChI=1S/C22H24B.C3H9S/c1-2-3-19-23(20-13-7-4-8-14-20,21-15-9-5-10-16-21)22-17-11-6-12-18-22;1-4(2)3/h4-18H,2-3,19H2,1H3;1-3H3/q-1;+1. The van der Waals surface area contributed by atoms with Crippen molar-refractivity contribution in [3.63, 3.8) is 0 Å². The molecule has 0 heterocycles. The van der Waals surface area contributed by atoms with Gasteiger partial charge in [0.05, 0.1) is 24.9 Å². The fourth-order valence-electron chi connectivity index (χ4n) is 3.93. The smallest absolute Gasteiger partial charge is 0.0969 e. The fraction of sp³-hybridized carbons (Fsp3) is 0.280. The highest BCUT2D eigenvalue weighted by Crippen LogP contribution is 2.16. The zero-order valence-corrected chi connectivity index (χ0v) is 18.1. The first-order valence-corrected chi connectivity index (χ1v) is 12.4. The third-order valence-electron chi connectivity index (χ3n) is 5.10. The second-order valence-electron chi connectivity index (χ2n) is 7.64. The van der Waals surface area contributed by atoms with Crippen LogP contribution in [0.5, 0.6) is 0 Å². The predicted molar refractivity (Wildman–Crippen MR) is 129 cm³/mol. The maximum atomic E-state index is 2.30. The van der Waals surface area contributed by atoms with E-state index in [1.807, 2.05) is 0 Å². The third-order valence-corrected chi connectivity index (χ3v) is 5.10. The van der Waals surface area contributed by atoms with Crippen molar-refractivity contribution < 1.29 is 0 Å². The molecule has 0 N–H and O–H groups in total. The van der Waals surface area contributed by atoms with E-state index in [0.717, 1.165) is 0 Å². The lowest BCUT2D eigenvalue weighted by molar-refractivity contribution is 0.874. The van der Waals surface area contributed by atoms with Crippen LogP contribution in [0.4, 0.5) is 0 Å². The maximum absolute atomic E-state index is 2.30. The zero-order valence-electron chi connectivity index (χ0n) is 17.3. The molecule has 0 spiro atoms. The molecular formula is C25H33BS. The van der Waals surface area contributed by atoms with Gasteiger partial charge in [0.15, 0.2) is 0 Å². The quantitative estimate of drug-likeness (QED) is 0.440. The predicted octanol–water partition coefficient (Wildman–Crippen LogP) is 4.45. The number of rotatable bonds is 6. The van der Waals surface area contributed by atoms with Crippen LogP contribution in [0, 0.1) is 0 Å². The highest BCUT2D eigenvalue weighted by Gasteiger charge is 2.28. The summed E-state index contributed by atoms with van der Waals surface area (Å²) in [4.78, 5) is 0. The molecule has 0 unspecified atom stereocenters. The summed E-state index contributed by atoms with van der Waals surface area (Å²) in [5.41, 5.74) is 4.33. The van der Waals surface area contributed by atoms with Crippen LogP contribution in [0.3, 0.4) is 0 Å². The van der Waals surface area contributed by atoms with Gasteiger partial charge in [-0.15, -0.1) is 0 Å². The molecule has 2 heteroatoms. The minimum Gasteiger partial charge on any atom is -0.200 e. The number of hydrogen-bond donors (Lipinski definition) is 0. The van der Waals surface area contributed by atoms with Gasteiger partial charge in [0, 0.05) is 0 Å². The number of unbranched alkanes of at least 4 members (excludes halogenated alkanes) is 1. The van der Waals surface area contributed by atoms with Gasteiger partial charge < -0.3 is 0 Å². The summed E-state index contributed by atoms with van der Waals surface area (Å²) in [6.45, 7) is 2.28. The van der Waals surface area contributed by atoms with Crippen LogP contribution in [0.15, 0.2) is 91.0 Å². The van der Waals surface area contributed by atoms with E-state index in [2.05, 4.69) is 117 Å². The Morgan fingerprint density at radius 1 is 0.593 bits per heavy atom. The molecule has 3 aromatic carbocycles. The highest BCUT2D eigenvalue weighted by molar-refractivity contribution is 7.94.